The monoisotopic (exact) mass is 410 g/mol. The van der Waals surface area contributed by atoms with E-state index in [2.05, 4.69) is 5.32 Å². The largest absolute Gasteiger partial charge is 0.464 e. The van der Waals surface area contributed by atoms with Crippen molar-refractivity contribution in [3.05, 3.63) is 48.2 Å². The van der Waals surface area contributed by atoms with E-state index in [0.717, 1.165) is 16.2 Å². The Balaban J connectivity index is 1.59. The van der Waals surface area contributed by atoms with Crippen molar-refractivity contribution in [3.63, 3.8) is 0 Å². The lowest BCUT2D eigenvalue weighted by Crippen LogP contribution is -2.46. The number of amides is 2. The van der Waals surface area contributed by atoms with Gasteiger partial charge >= 0.3 is 5.97 Å². The second-order valence-electron chi connectivity index (χ2n) is 8.31. The van der Waals surface area contributed by atoms with Crippen molar-refractivity contribution < 1.29 is 23.5 Å². The van der Waals surface area contributed by atoms with Gasteiger partial charge in [-0.05, 0) is 37.6 Å². The van der Waals surface area contributed by atoms with E-state index >= 15 is 0 Å². The van der Waals surface area contributed by atoms with Crippen LogP contribution in [0.1, 0.15) is 26.3 Å². The van der Waals surface area contributed by atoms with Crippen molar-refractivity contribution in [1.82, 2.24) is 10.2 Å². The van der Waals surface area contributed by atoms with Gasteiger partial charge in [-0.3, -0.25) is 14.4 Å². The lowest BCUT2D eigenvalue weighted by molar-refractivity contribution is -0.151. The molecule has 7 nitrogen and oxygen atoms in total. The zero-order valence-corrected chi connectivity index (χ0v) is 17.7. The van der Waals surface area contributed by atoms with Crippen molar-refractivity contribution in [1.29, 1.82) is 0 Å². The molecule has 3 rings (SSSR count). The van der Waals surface area contributed by atoms with Crippen LogP contribution in [-0.2, 0) is 25.5 Å². The van der Waals surface area contributed by atoms with Gasteiger partial charge in [0.2, 0.25) is 5.91 Å². The number of ether oxygens (including phenoxy) is 1. The zero-order chi connectivity index (χ0) is 21.9. The van der Waals surface area contributed by atoms with Gasteiger partial charge in [-0.1, -0.05) is 30.3 Å². The second-order valence-corrected chi connectivity index (χ2v) is 8.31. The molecule has 0 fully saturated rings. The summed E-state index contributed by atoms with van der Waals surface area (Å²) in [6.45, 7) is 5.05. The summed E-state index contributed by atoms with van der Waals surface area (Å²) in [5.74, 6) is -1.26. The average Bonchev–Trinajstić information content (AvgIpc) is 3.07. The first kappa shape index (κ1) is 21.4. The third kappa shape index (κ3) is 5.17. The van der Waals surface area contributed by atoms with Crippen LogP contribution in [0.4, 0.5) is 0 Å². The Morgan fingerprint density at radius 3 is 2.57 bits per heavy atom. The number of nitrogens with zero attached hydrogens (tertiary/aromatic N) is 1. The Morgan fingerprint density at radius 1 is 1.10 bits per heavy atom. The number of nitrogens with one attached hydrogen (secondary N) is 1. The summed E-state index contributed by atoms with van der Waals surface area (Å²) in [6.07, 6.45) is 1.53. The highest BCUT2D eigenvalue weighted by Crippen LogP contribution is 2.30. The lowest BCUT2D eigenvalue weighted by atomic mass is 10.0. The van der Waals surface area contributed by atoms with E-state index in [0.29, 0.717) is 11.1 Å². The number of furan rings is 1. The number of fused-ring (bicyclic) bond motifs is 3. The molecule has 0 unspecified atom stereocenters. The summed E-state index contributed by atoms with van der Waals surface area (Å²) >= 11 is 0. The predicted octanol–water partition coefficient (Wildman–Crippen LogP) is 3.04. The number of likely N-dealkylation sites (N-methyl/N-ethyl adjacent to an activating group) is 1. The lowest BCUT2D eigenvalue weighted by Gasteiger charge is -2.23. The van der Waals surface area contributed by atoms with Crippen LogP contribution >= 0.6 is 0 Å². The highest BCUT2D eigenvalue weighted by molar-refractivity contribution is 6.08. The molecule has 1 N–H and O–H groups in total. The standard InChI is InChI=1S/C23H26N2O5/c1-23(2,3)24-19(26)12-25(4)20(27)14-30-21(28)11-16-13-29-18-10-9-15-7-5-6-8-17(15)22(16)18/h5-10,13H,11-12,14H2,1-4H3,(H,24,26). The molecule has 0 aliphatic heterocycles. The number of benzene rings is 2. The van der Waals surface area contributed by atoms with Gasteiger partial charge < -0.3 is 19.4 Å². The van der Waals surface area contributed by atoms with Crippen LogP contribution in [0.25, 0.3) is 21.7 Å². The highest BCUT2D eigenvalue weighted by Gasteiger charge is 2.19. The van der Waals surface area contributed by atoms with Crippen LogP contribution in [-0.4, -0.2) is 48.4 Å². The number of hydrogen-bond donors (Lipinski definition) is 1. The molecule has 1 heterocycles. The first-order chi connectivity index (χ1) is 14.1. The van der Waals surface area contributed by atoms with Crippen LogP contribution in [0.2, 0.25) is 0 Å². The highest BCUT2D eigenvalue weighted by atomic mass is 16.5. The summed E-state index contributed by atoms with van der Waals surface area (Å²) in [4.78, 5) is 37.7. The van der Waals surface area contributed by atoms with Crippen LogP contribution in [0.15, 0.2) is 47.1 Å². The number of hydrogen-bond acceptors (Lipinski definition) is 5. The number of carbonyl (C=O) groups excluding carboxylic acids is 3. The minimum absolute atomic E-state index is 0.0114. The van der Waals surface area contributed by atoms with Crippen molar-refractivity contribution in [2.24, 2.45) is 0 Å². The van der Waals surface area contributed by atoms with Crippen LogP contribution in [0, 0.1) is 0 Å². The van der Waals surface area contributed by atoms with Gasteiger partial charge in [-0.25, -0.2) is 0 Å². The van der Waals surface area contributed by atoms with Crippen molar-refractivity contribution in [2.75, 3.05) is 20.2 Å². The Kier molecular flexibility index (Phi) is 6.10. The van der Waals surface area contributed by atoms with Crippen LogP contribution in [0.5, 0.6) is 0 Å². The fraction of sp³-hybridized carbons (Fsp3) is 0.348. The van der Waals surface area contributed by atoms with E-state index in [1.165, 1.54) is 11.9 Å². The van der Waals surface area contributed by atoms with Crippen molar-refractivity contribution in [3.8, 4) is 0 Å². The Morgan fingerprint density at radius 2 is 1.83 bits per heavy atom. The molecule has 0 saturated heterocycles. The predicted molar refractivity (Wildman–Crippen MR) is 114 cm³/mol. The quantitative estimate of drug-likeness (QED) is 0.631. The summed E-state index contributed by atoms with van der Waals surface area (Å²) in [5.41, 5.74) is 1.01. The molecule has 0 atom stereocenters. The molecule has 0 aliphatic rings. The van der Waals surface area contributed by atoms with Crippen molar-refractivity contribution in [2.45, 2.75) is 32.7 Å². The Labute approximate surface area is 175 Å². The maximum atomic E-state index is 12.3. The van der Waals surface area contributed by atoms with E-state index in [1.807, 2.05) is 57.2 Å². The molecule has 0 spiro atoms. The number of rotatable bonds is 6. The van der Waals surface area contributed by atoms with Crippen LogP contribution in [0.3, 0.4) is 0 Å². The van der Waals surface area contributed by atoms with E-state index in [4.69, 9.17) is 9.15 Å². The fourth-order valence-corrected chi connectivity index (χ4v) is 3.22. The molecule has 30 heavy (non-hydrogen) atoms. The van der Waals surface area contributed by atoms with E-state index in [1.54, 1.807) is 6.26 Å². The fourth-order valence-electron chi connectivity index (χ4n) is 3.22. The minimum atomic E-state index is -0.536. The van der Waals surface area contributed by atoms with E-state index in [-0.39, 0.29) is 24.4 Å². The van der Waals surface area contributed by atoms with Gasteiger partial charge in [-0.15, -0.1) is 0 Å². The first-order valence-electron chi connectivity index (χ1n) is 9.72. The van der Waals surface area contributed by atoms with Gasteiger partial charge in [0, 0.05) is 23.5 Å². The molecular formula is C23H26N2O5. The SMILES string of the molecule is CN(CC(=O)NC(C)(C)C)C(=O)COC(=O)Cc1coc2ccc3ccccc3c12. The smallest absolute Gasteiger partial charge is 0.310 e. The topological polar surface area (TPSA) is 88.9 Å². The Hall–Kier alpha value is -3.35. The molecule has 3 aromatic rings. The van der Waals surface area contributed by atoms with Gasteiger partial charge in [0.1, 0.15) is 5.58 Å². The maximum absolute atomic E-state index is 12.3. The molecule has 2 amide bonds. The molecule has 0 saturated carbocycles. The molecule has 0 radical (unpaired) electrons. The number of carbonyl (C=O) groups is 3. The van der Waals surface area contributed by atoms with E-state index < -0.39 is 18.5 Å². The molecule has 0 aliphatic carbocycles. The first-order valence-corrected chi connectivity index (χ1v) is 9.72. The Bertz CT molecular complexity index is 1090. The average molecular weight is 410 g/mol. The molecular weight excluding hydrogens is 384 g/mol. The van der Waals surface area contributed by atoms with Gasteiger partial charge in [0.05, 0.1) is 19.2 Å². The molecule has 158 valence electrons. The second kappa shape index (κ2) is 8.57. The van der Waals surface area contributed by atoms with Gasteiger partial charge in [-0.2, -0.15) is 0 Å². The molecule has 2 aromatic carbocycles. The van der Waals surface area contributed by atoms with Crippen LogP contribution < -0.4 is 5.32 Å². The summed E-state index contributed by atoms with van der Waals surface area (Å²) in [5, 5.41) is 5.69. The number of esters is 1. The third-order valence-corrected chi connectivity index (χ3v) is 4.55. The van der Waals surface area contributed by atoms with Gasteiger partial charge in [0.15, 0.2) is 6.61 Å². The third-order valence-electron chi connectivity index (χ3n) is 4.55. The minimum Gasteiger partial charge on any atom is -0.464 e. The molecule has 0 bridgehead atoms. The summed E-state index contributed by atoms with van der Waals surface area (Å²) in [7, 11) is 1.49. The van der Waals surface area contributed by atoms with Gasteiger partial charge in [0.25, 0.3) is 5.91 Å². The maximum Gasteiger partial charge on any atom is 0.310 e. The summed E-state index contributed by atoms with van der Waals surface area (Å²) in [6, 6.07) is 11.7. The normalized spacial score (nSPS) is 11.5. The van der Waals surface area contributed by atoms with E-state index in [9.17, 15) is 14.4 Å². The molecule has 1 aromatic heterocycles. The van der Waals surface area contributed by atoms with Crippen molar-refractivity contribution >= 4 is 39.5 Å². The zero-order valence-electron chi connectivity index (χ0n) is 17.7. The summed E-state index contributed by atoms with van der Waals surface area (Å²) < 4.78 is 10.7. The molecule has 7 heteroatoms.